The molecule has 0 saturated heterocycles. The average Bonchev–Trinajstić information content (AvgIpc) is 2.70. The Balaban J connectivity index is 2.07. The van der Waals surface area contributed by atoms with Crippen LogP contribution in [0, 0.1) is 9.49 Å². The smallest absolute Gasteiger partial charge is 0.188 e. The predicted octanol–water partition coefficient (Wildman–Crippen LogP) is 3.29. The monoisotopic (exact) mass is 329 g/mol. The fourth-order valence-corrected chi connectivity index (χ4v) is 2.26. The van der Waals surface area contributed by atoms with E-state index in [-0.39, 0.29) is 0 Å². The minimum atomic E-state index is 0.344. The van der Waals surface area contributed by atoms with Crippen LogP contribution >= 0.6 is 22.6 Å². The molecule has 16 heavy (non-hydrogen) atoms. The standard InChI is InChI=1S/C13H16INO/c1-9(2)12-8-16-13(15-12)7-10-5-3-4-6-11(10)14/h3-6,9,12H,7-8H2,1-2H3/t12-/m1/s1. The fourth-order valence-electron chi connectivity index (χ4n) is 1.68. The zero-order valence-electron chi connectivity index (χ0n) is 9.61. The van der Waals surface area contributed by atoms with Crippen LogP contribution in [0.3, 0.4) is 0 Å². The van der Waals surface area contributed by atoms with Gasteiger partial charge < -0.3 is 4.74 Å². The third-order valence-corrected chi connectivity index (χ3v) is 3.85. The molecule has 1 aromatic carbocycles. The van der Waals surface area contributed by atoms with Gasteiger partial charge in [-0.05, 0) is 40.1 Å². The van der Waals surface area contributed by atoms with E-state index in [1.54, 1.807) is 0 Å². The quantitative estimate of drug-likeness (QED) is 0.780. The molecular formula is C13H16INO. The van der Waals surface area contributed by atoms with Gasteiger partial charge in [0, 0.05) is 9.99 Å². The highest BCUT2D eigenvalue weighted by Gasteiger charge is 2.21. The molecule has 3 heteroatoms. The van der Waals surface area contributed by atoms with Crippen molar-refractivity contribution in [3.8, 4) is 0 Å². The van der Waals surface area contributed by atoms with Gasteiger partial charge >= 0.3 is 0 Å². The summed E-state index contributed by atoms with van der Waals surface area (Å²) in [6.07, 6.45) is 0.822. The van der Waals surface area contributed by atoms with E-state index in [1.807, 2.05) is 0 Å². The lowest BCUT2D eigenvalue weighted by Crippen LogP contribution is -2.13. The van der Waals surface area contributed by atoms with Crippen LogP contribution in [0.25, 0.3) is 0 Å². The van der Waals surface area contributed by atoms with Gasteiger partial charge in [0.1, 0.15) is 6.61 Å². The molecule has 0 spiro atoms. The predicted molar refractivity (Wildman–Crippen MR) is 74.9 cm³/mol. The number of benzene rings is 1. The zero-order valence-corrected chi connectivity index (χ0v) is 11.8. The molecular weight excluding hydrogens is 313 g/mol. The second kappa shape index (κ2) is 5.17. The normalized spacial score (nSPS) is 19.8. The molecule has 0 amide bonds. The van der Waals surface area contributed by atoms with E-state index in [2.05, 4.69) is 65.7 Å². The Kier molecular flexibility index (Phi) is 3.84. The fraction of sp³-hybridized carbons (Fsp3) is 0.462. The lowest BCUT2D eigenvalue weighted by molar-refractivity contribution is 0.287. The number of hydrogen-bond donors (Lipinski definition) is 0. The van der Waals surface area contributed by atoms with Gasteiger partial charge in [-0.2, -0.15) is 0 Å². The van der Waals surface area contributed by atoms with Crippen LogP contribution in [-0.2, 0) is 11.2 Å². The lowest BCUT2D eigenvalue weighted by Gasteiger charge is -2.06. The molecule has 86 valence electrons. The van der Waals surface area contributed by atoms with E-state index in [4.69, 9.17) is 4.74 Å². The van der Waals surface area contributed by atoms with E-state index in [9.17, 15) is 0 Å². The van der Waals surface area contributed by atoms with Crippen molar-refractivity contribution in [2.75, 3.05) is 6.61 Å². The van der Waals surface area contributed by atoms with Gasteiger partial charge in [-0.3, -0.25) is 0 Å². The molecule has 0 N–H and O–H groups in total. The number of aliphatic imine (C=N–C) groups is 1. The first-order valence-electron chi connectivity index (χ1n) is 5.59. The van der Waals surface area contributed by atoms with Crippen LogP contribution in [0.4, 0.5) is 0 Å². The van der Waals surface area contributed by atoms with Gasteiger partial charge in [-0.25, -0.2) is 4.99 Å². The second-order valence-electron chi connectivity index (χ2n) is 4.41. The zero-order chi connectivity index (χ0) is 11.5. The molecule has 0 aromatic heterocycles. The van der Waals surface area contributed by atoms with Crippen molar-refractivity contribution < 1.29 is 4.74 Å². The summed E-state index contributed by atoms with van der Waals surface area (Å²) in [5, 5.41) is 0. The van der Waals surface area contributed by atoms with Gasteiger partial charge in [-0.15, -0.1) is 0 Å². The number of rotatable bonds is 3. The summed E-state index contributed by atoms with van der Waals surface area (Å²) in [5.41, 5.74) is 1.30. The van der Waals surface area contributed by atoms with Crippen LogP contribution < -0.4 is 0 Å². The average molecular weight is 329 g/mol. The topological polar surface area (TPSA) is 21.6 Å². The summed E-state index contributed by atoms with van der Waals surface area (Å²) in [5.74, 6) is 1.45. The van der Waals surface area contributed by atoms with Crippen molar-refractivity contribution in [2.24, 2.45) is 10.9 Å². The first-order valence-corrected chi connectivity index (χ1v) is 6.67. The van der Waals surface area contributed by atoms with Crippen LogP contribution in [0.2, 0.25) is 0 Å². The Morgan fingerprint density at radius 2 is 2.19 bits per heavy atom. The van der Waals surface area contributed by atoms with E-state index in [0.717, 1.165) is 18.9 Å². The van der Waals surface area contributed by atoms with Crippen molar-refractivity contribution in [1.82, 2.24) is 0 Å². The molecule has 2 nitrogen and oxygen atoms in total. The van der Waals surface area contributed by atoms with Crippen LogP contribution in [0.15, 0.2) is 29.3 Å². The van der Waals surface area contributed by atoms with Crippen LogP contribution in [0.1, 0.15) is 19.4 Å². The van der Waals surface area contributed by atoms with Crippen molar-refractivity contribution in [3.63, 3.8) is 0 Å². The van der Waals surface area contributed by atoms with Gasteiger partial charge in [0.25, 0.3) is 0 Å². The van der Waals surface area contributed by atoms with Gasteiger partial charge in [0.15, 0.2) is 5.90 Å². The molecule has 1 aliphatic heterocycles. The number of nitrogens with zero attached hydrogens (tertiary/aromatic N) is 1. The number of hydrogen-bond acceptors (Lipinski definition) is 2. The Labute approximate surface area is 110 Å². The minimum Gasteiger partial charge on any atom is -0.478 e. The Morgan fingerprint density at radius 1 is 1.44 bits per heavy atom. The summed E-state index contributed by atoms with van der Waals surface area (Å²) < 4.78 is 6.91. The summed E-state index contributed by atoms with van der Waals surface area (Å²) in [6.45, 7) is 5.12. The molecule has 0 unspecified atom stereocenters. The highest BCUT2D eigenvalue weighted by molar-refractivity contribution is 14.1. The lowest BCUT2D eigenvalue weighted by atomic mass is 10.1. The maximum absolute atomic E-state index is 5.63. The van der Waals surface area contributed by atoms with Gasteiger partial charge in [0.2, 0.25) is 0 Å². The highest BCUT2D eigenvalue weighted by Crippen LogP contribution is 2.18. The molecule has 1 heterocycles. The second-order valence-corrected chi connectivity index (χ2v) is 5.58. The minimum absolute atomic E-state index is 0.344. The first kappa shape index (κ1) is 11.9. The third-order valence-electron chi connectivity index (χ3n) is 2.80. The molecule has 2 rings (SSSR count). The van der Waals surface area contributed by atoms with Crippen LogP contribution in [0.5, 0.6) is 0 Å². The molecule has 0 radical (unpaired) electrons. The van der Waals surface area contributed by atoms with Crippen LogP contribution in [-0.4, -0.2) is 18.5 Å². The summed E-state index contributed by atoms with van der Waals surface area (Å²) in [6, 6.07) is 8.71. The Hall–Kier alpha value is -0.580. The summed E-state index contributed by atoms with van der Waals surface area (Å²) in [4.78, 5) is 4.62. The highest BCUT2D eigenvalue weighted by atomic mass is 127. The largest absolute Gasteiger partial charge is 0.478 e. The molecule has 0 fully saturated rings. The van der Waals surface area contributed by atoms with Crippen molar-refractivity contribution in [2.45, 2.75) is 26.3 Å². The van der Waals surface area contributed by atoms with Crippen molar-refractivity contribution in [3.05, 3.63) is 33.4 Å². The molecule has 1 aromatic rings. The molecule has 0 saturated carbocycles. The molecule has 0 aliphatic carbocycles. The van der Waals surface area contributed by atoms with Gasteiger partial charge in [0.05, 0.1) is 6.04 Å². The summed E-state index contributed by atoms with van der Waals surface area (Å²) >= 11 is 2.35. The molecule has 1 aliphatic rings. The van der Waals surface area contributed by atoms with E-state index >= 15 is 0 Å². The van der Waals surface area contributed by atoms with E-state index < -0.39 is 0 Å². The maximum Gasteiger partial charge on any atom is 0.188 e. The number of halogens is 1. The van der Waals surface area contributed by atoms with Crippen molar-refractivity contribution >= 4 is 28.5 Å². The molecule has 1 atom stereocenters. The van der Waals surface area contributed by atoms with E-state index in [1.165, 1.54) is 9.13 Å². The Bertz CT molecular complexity index is 401. The Morgan fingerprint density at radius 3 is 2.81 bits per heavy atom. The van der Waals surface area contributed by atoms with E-state index in [0.29, 0.717) is 12.0 Å². The maximum atomic E-state index is 5.63. The van der Waals surface area contributed by atoms with Crippen molar-refractivity contribution in [1.29, 1.82) is 0 Å². The third kappa shape index (κ3) is 2.75. The van der Waals surface area contributed by atoms with Gasteiger partial charge in [-0.1, -0.05) is 32.0 Å². The summed E-state index contributed by atoms with van der Waals surface area (Å²) in [7, 11) is 0. The number of ether oxygens (including phenoxy) is 1. The first-order chi connectivity index (χ1) is 7.66. The SMILES string of the molecule is CC(C)[C@H]1COC(Cc2ccccc2I)=N1. The molecule has 0 bridgehead atoms.